The lowest BCUT2D eigenvalue weighted by Gasteiger charge is -2.11. The van der Waals surface area contributed by atoms with Gasteiger partial charge in [-0.1, -0.05) is 29.3 Å². The molecule has 1 N–H and O–H groups in total. The van der Waals surface area contributed by atoms with Gasteiger partial charge in [0.15, 0.2) is 11.5 Å². The molecule has 2 aromatic carbocycles. The van der Waals surface area contributed by atoms with Crippen molar-refractivity contribution in [1.82, 2.24) is 0 Å². The third-order valence-corrected chi connectivity index (χ3v) is 3.69. The van der Waals surface area contributed by atoms with Gasteiger partial charge in [-0.3, -0.25) is 9.59 Å². The number of carbonyl (C=O) groups excluding carboxylic acids is 2. The number of hydrogen-bond acceptors (Lipinski definition) is 4. The number of esters is 1. The SMILES string of the molecule is COc1ccc(/C=C/C(=O)Nc2cccc(Cl)c2)c(Cl)c1OC(C)=O. The maximum absolute atomic E-state index is 12.0. The van der Waals surface area contributed by atoms with Crippen molar-refractivity contribution in [3.63, 3.8) is 0 Å². The third kappa shape index (κ3) is 5.24. The number of benzene rings is 2. The molecule has 130 valence electrons. The molecule has 0 atom stereocenters. The number of rotatable bonds is 5. The molecule has 1 amide bonds. The Kier molecular flexibility index (Phi) is 6.44. The molecule has 2 rings (SSSR count). The zero-order valence-corrected chi connectivity index (χ0v) is 15.0. The smallest absolute Gasteiger partial charge is 0.308 e. The molecule has 0 spiro atoms. The Morgan fingerprint density at radius 3 is 2.56 bits per heavy atom. The lowest BCUT2D eigenvalue weighted by atomic mass is 10.1. The molecule has 0 saturated heterocycles. The van der Waals surface area contributed by atoms with Crippen molar-refractivity contribution in [2.24, 2.45) is 0 Å². The van der Waals surface area contributed by atoms with E-state index in [1.54, 1.807) is 36.4 Å². The van der Waals surface area contributed by atoms with Gasteiger partial charge in [0, 0.05) is 23.7 Å². The van der Waals surface area contributed by atoms with E-state index in [0.717, 1.165) is 0 Å². The summed E-state index contributed by atoms with van der Waals surface area (Å²) in [5, 5.41) is 3.37. The molecule has 0 aliphatic carbocycles. The lowest BCUT2D eigenvalue weighted by molar-refractivity contribution is -0.132. The Bertz CT molecular complexity index is 834. The zero-order valence-electron chi connectivity index (χ0n) is 13.5. The summed E-state index contributed by atoms with van der Waals surface area (Å²) in [6.45, 7) is 1.26. The summed E-state index contributed by atoms with van der Waals surface area (Å²) in [5.41, 5.74) is 1.07. The molecule has 0 heterocycles. The second kappa shape index (κ2) is 8.55. The van der Waals surface area contributed by atoms with Gasteiger partial charge in [0.1, 0.15) is 0 Å². The maximum atomic E-state index is 12.0. The first-order chi connectivity index (χ1) is 11.9. The minimum absolute atomic E-state index is 0.106. The molecule has 0 aromatic heterocycles. The van der Waals surface area contributed by atoms with Crippen molar-refractivity contribution in [1.29, 1.82) is 0 Å². The summed E-state index contributed by atoms with van der Waals surface area (Å²) >= 11 is 12.1. The summed E-state index contributed by atoms with van der Waals surface area (Å²) in [4.78, 5) is 23.2. The van der Waals surface area contributed by atoms with E-state index in [9.17, 15) is 9.59 Å². The molecule has 2 aromatic rings. The average molecular weight is 380 g/mol. The van der Waals surface area contributed by atoms with Gasteiger partial charge >= 0.3 is 5.97 Å². The average Bonchev–Trinajstić information content (AvgIpc) is 2.55. The lowest BCUT2D eigenvalue weighted by Crippen LogP contribution is -2.07. The number of hydrogen-bond donors (Lipinski definition) is 1. The van der Waals surface area contributed by atoms with E-state index < -0.39 is 5.97 Å². The fourth-order valence-corrected chi connectivity index (χ4v) is 2.45. The van der Waals surface area contributed by atoms with Crippen LogP contribution in [0.1, 0.15) is 12.5 Å². The van der Waals surface area contributed by atoms with E-state index in [1.807, 2.05) is 0 Å². The van der Waals surface area contributed by atoms with E-state index in [-0.39, 0.29) is 16.7 Å². The summed E-state index contributed by atoms with van der Waals surface area (Å²) in [5.74, 6) is -0.460. The van der Waals surface area contributed by atoms with Crippen LogP contribution in [0.25, 0.3) is 6.08 Å². The highest BCUT2D eigenvalue weighted by molar-refractivity contribution is 6.34. The number of nitrogens with one attached hydrogen (secondary N) is 1. The Hall–Kier alpha value is -2.50. The molecule has 5 nitrogen and oxygen atoms in total. The van der Waals surface area contributed by atoms with Gasteiger partial charge in [-0.25, -0.2) is 0 Å². The number of amides is 1. The van der Waals surface area contributed by atoms with Crippen molar-refractivity contribution >= 4 is 46.8 Å². The van der Waals surface area contributed by atoms with Gasteiger partial charge in [-0.2, -0.15) is 0 Å². The van der Waals surface area contributed by atoms with Crippen LogP contribution >= 0.6 is 23.2 Å². The highest BCUT2D eigenvalue weighted by atomic mass is 35.5. The quantitative estimate of drug-likeness (QED) is 0.469. The highest BCUT2D eigenvalue weighted by Gasteiger charge is 2.14. The van der Waals surface area contributed by atoms with Crippen LogP contribution in [0.4, 0.5) is 5.69 Å². The predicted octanol–water partition coefficient (Wildman–Crippen LogP) is 4.58. The highest BCUT2D eigenvalue weighted by Crippen LogP contribution is 2.38. The molecule has 0 aliphatic rings. The van der Waals surface area contributed by atoms with E-state index in [0.29, 0.717) is 22.0 Å². The van der Waals surface area contributed by atoms with Crippen LogP contribution in [0.3, 0.4) is 0 Å². The molecule has 0 fully saturated rings. The first-order valence-electron chi connectivity index (χ1n) is 7.20. The first-order valence-corrected chi connectivity index (χ1v) is 7.96. The van der Waals surface area contributed by atoms with Gasteiger partial charge < -0.3 is 14.8 Å². The van der Waals surface area contributed by atoms with Crippen LogP contribution in [0, 0.1) is 0 Å². The largest absolute Gasteiger partial charge is 0.493 e. The number of carbonyl (C=O) groups is 2. The number of anilines is 1. The van der Waals surface area contributed by atoms with Crippen LogP contribution < -0.4 is 14.8 Å². The molecule has 0 unspecified atom stereocenters. The minimum Gasteiger partial charge on any atom is -0.493 e. The molecule has 0 saturated carbocycles. The standard InChI is InChI=1S/C18H15Cl2NO4/c1-11(22)25-18-15(24-2)8-6-12(17(18)20)7-9-16(23)21-14-5-3-4-13(19)10-14/h3-10H,1-2H3,(H,21,23)/b9-7+. The van der Waals surface area contributed by atoms with Gasteiger partial charge in [0.2, 0.25) is 5.91 Å². The van der Waals surface area contributed by atoms with E-state index in [4.69, 9.17) is 32.7 Å². The van der Waals surface area contributed by atoms with Crippen molar-refractivity contribution in [3.8, 4) is 11.5 Å². The van der Waals surface area contributed by atoms with E-state index in [2.05, 4.69) is 5.32 Å². The van der Waals surface area contributed by atoms with Gasteiger partial charge in [0.25, 0.3) is 0 Å². The third-order valence-electron chi connectivity index (χ3n) is 3.06. The second-order valence-corrected chi connectivity index (χ2v) is 5.74. The number of methoxy groups -OCH3 is 1. The van der Waals surface area contributed by atoms with Crippen molar-refractivity contribution < 1.29 is 19.1 Å². The molecule has 0 aliphatic heterocycles. The Balaban J connectivity index is 2.19. The maximum Gasteiger partial charge on any atom is 0.308 e. The zero-order chi connectivity index (χ0) is 18.4. The normalized spacial score (nSPS) is 10.6. The fourth-order valence-electron chi connectivity index (χ4n) is 2.00. The van der Waals surface area contributed by atoms with E-state index in [1.165, 1.54) is 26.2 Å². The predicted molar refractivity (Wildman–Crippen MR) is 98.4 cm³/mol. The van der Waals surface area contributed by atoms with Crippen LogP contribution in [-0.4, -0.2) is 19.0 Å². The topological polar surface area (TPSA) is 64.6 Å². The summed E-state index contributed by atoms with van der Waals surface area (Å²) in [6.07, 6.45) is 2.82. The Morgan fingerprint density at radius 2 is 1.92 bits per heavy atom. The van der Waals surface area contributed by atoms with E-state index >= 15 is 0 Å². The van der Waals surface area contributed by atoms with Crippen molar-refractivity contribution in [2.45, 2.75) is 6.92 Å². The fraction of sp³-hybridized carbons (Fsp3) is 0.111. The van der Waals surface area contributed by atoms with Crippen molar-refractivity contribution in [2.75, 3.05) is 12.4 Å². The van der Waals surface area contributed by atoms with Crippen LogP contribution in [0.5, 0.6) is 11.5 Å². The molecule has 25 heavy (non-hydrogen) atoms. The molecule has 7 heteroatoms. The number of ether oxygens (including phenoxy) is 2. The van der Waals surface area contributed by atoms with Crippen LogP contribution in [-0.2, 0) is 9.59 Å². The summed E-state index contributed by atoms with van der Waals surface area (Å²) in [7, 11) is 1.44. The summed E-state index contributed by atoms with van der Waals surface area (Å²) in [6, 6.07) is 10.0. The van der Waals surface area contributed by atoms with Crippen LogP contribution in [0.2, 0.25) is 10.0 Å². The molecular weight excluding hydrogens is 365 g/mol. The van der Waals surface area contributed by atoms with Gasteiger partial charge in [-0.05, 0) is 42.0 Å². The Labute approximate surface area is 155 Å². The van der Waals surface area contributed by atoms with Gasteiger partial charge in [-0.15, -0.1) is 0 Å². The second-order valence-electron chi connectivity index (χ2n) is 4.93. The minimum atomic E-state index is -0.528. The van der Waals surface area contributed by atoms with Crippen molar-refractivity contribution in [3.05, 3.63) is 58.1 Å². The molecular formula is C18H15Cl2NO4. The molecule has 0 radical (unpaired) electrons. The van der Waals surface area contributed by atoms with Crippen LogP contribution in [0.15, 0.2) is 42.5 Å². The summed E-state index contributed by atoms with van der Waals surface area (Å²) < 4.78 is 10.2. The first kappa shape index (κ1) is 18.8. The number of halogens is 2. The Morgan fingerprint density at radius 1 is 1.16 bits per heavy atom. The molecule has 0 bridgehead atoms. The monoisotopic (exact) mass is 379 g/mol. The van der Waals surface area contributed by atoms with Gasteiger partial charge in [0.05, 0.1) is 12.1 Å².